The smallest absolute Gasteiger partial charge is 0.230 e. The van der Waals surface area contributed by atoms with Gasteiger partial charge in [-0.25, -0.2) is 4.39 Å². The molecular weight excluding hydrogens is 359 g/mol. The largest absolute Gasteiger partial charge is 0.369 e. The highest BCUT2D eigenvalue weighted by molar-refractivity contribution is 5.97. The number of methoxy groups -OCH3 is 1. The molecule has 0 bridgehead atoms. The lowest BCUT2D eigenvalue weighted by atomic mass is 9.94. The zero-order valence-corrected chi connectivity index (χ0v) is 15.9. The number of hydrogen-bond acceptors (Lipinski definition) is 4. The fourth-order valence-electron chi connectivity index (χ4n) is 3.80. The predicted molar refractivity (Wildman–Crippen MR) is 102 cm³/mol. The topological polar surface area (TPSA) is 59.5 Å². The van der Waals surface area contributed by atoms with E-state index < -0.39 is 11.9 Å². The van der Waals surface area contributed by atoms with E-state index in [1.807, 2.05) is 23.1 Å². The monoisotopic (exact) mass is 382 g/mol. The first-order valence-electron chi connectivity index (χ1n) is 9.67. The van der Waals surface area contributed by atoms with Crippen LogP contribution < -0.4 is 4.90 Å². The second-order valence-corrected chi connectivity index (χ2v) is 7.48. The maximum absolute atomic E-state index is 13.0. The van der Waals surface area contributed by atoms with Crippen molar-refractivity contribution in [3.8, 4) is 0 Å². The Balaban J connectivity index is 1.54. The first-order chi connectivity index (χ1) is 13.6. The number of carbonyl (C=O) groups is 2. The van der Waals surface area contributed by atoms with Crippen LogP contribution in [0.1, 0.15) is 42.2 Å². The average Bonchev–Trinajstić information content (AvgIpc) is 3.54. The molecule has 1 atom stereocenters. The van der Waals surface area contributed by atoms with Crippen LogP contribution in [0.3, 0.4) is 0 Å². The van der Waals surface area contributed by atoms with E-state index in [0.717, 1.165) is 55.2 Å². The van der Waals surface area contributed by atoms with Crippen molar-refractivity contribution < 1.29 is 18.7 Å². The van der Waals surface area contributed by atoms with Gasteiger partial charge in [0, 0.05) is 31.0 Å². The number of nitrogens with zero attached hydrogens (tertiary/aromatic N) is 2. The number of benzene rings is 1. The summed E-state index contributed by atoms with van der Waals surface area (Å²) >= 11 is 0. The molecule has 6 heteroatoms. The molecule has 2 aliphatic rings. The van der Waals surface area contributed by atoms with Crippen LogP contribution >= 0.6 is 0 Å². The van der Waals surface area contributed by atoms with Crippen LogP contribution in [0.5, 0.6) is 0 Å². The number of rotatable bonds is 6. The zero-order chi connectivity index (χ0) is 19.7. The molecule has 1 aliphatic carbocycles. The van der Waals surface area contributed by atoms with Crippen molar-refractivity contribution in [2.75, 3.05) is 18.6 Å². The molecule has 0 spiro atoms. The van der Waals surface area contributed by atoms with Gasteiger partial charge in [0.2, 0.25) is 5.91 Å². The Kier molecular flexibility index (Phi) is 5.22. The fraction of sp³-hybridized carbons (Fsp3) is 0.409. The van der Waals surface area contributed by atoms with Crippen LogP contribution in [0.15, 0.2) is 36.5 Å². The van der Waals surface area contributed by atoms with Crippen molar-refractivity contribution in [1.82, 2.24) is 4.98 Å². The first kappa shape index (κ1) is 18.7. The summed E-state index contributed by atoms with van der Waals surface area (Å²) in [6.45, 7) is 0.755. The van der Waals surface area contributed by atoms with E-state index in [2.05, 4.69) is 4.98 Å². The van der Waals surface area contributed by atoms with Crippen LogP contribution in [-0.2, 0) is 27.2 Å². The Bertz CT molecular complexity index is 893. The molecule has 1 aliphatic heterocycles. The number of anilines is 1. The van der Waals surface area contributed by atoms with Crippen LogP contribution in [0, 0.1) is 11.7 Å². The van der Waals surface area contributed by atoms with E-state index in [1.54, 1.807) is 0 Å². The van der Waals surface area contributed by atoms with E-state index in [9.17, 15) is 14.0 Å². The Morgan fingerprint density at radius 1 is 1.29 bits per heavy atom. The van der Waals surface area contributed by atoms with E-state index in [0.29, 0.717) is 5.69 Å². The molecule has 28 heavy (non-hydrogen) atoms. The Labute approximate surface area is 163 Å². The number of aromatic nitrogens is 1. The van der Waals surface area contributed by atoms with Gasteiger partial charge in [0.25, 0.3) is 0 Å². The summed E-state index contributed by atoms with van der Waals surface area (Å²) in [5, 5.41) is 0. The maximum atomic E-state index is 13.0. The van der Waals surface area contributed by atoms with E-state index in [1.165, 1.54) is 19.2 Å². The van der Waals surface area contributed by atoms with Crippen molar-refractivity contribution in [1.29, 1.82) is 0 Å². The van der Waals surface area contributed by atoms with Crippen LogP contribution in [0.2, 0.25) is 0 Å². The number of fused-ring (bicyclic) bond motifs is 1. The highest BCUT2D eigenvalue weighted by atomic mass is 19.1. The van der Waals surface area contributed by atoms with E-state index in [-0.39, 0.29) is 24.0 Å². The quantitative estimate of drug-likeness (QED) is 0.768. The lowest BCUT2D eigenvalue weighted by Crippen LogP contribution is -2.36. The number of Topliss-reactive ketones (excluding diaryl/α,β-unsaturated/α-hetero) is 1. The SMILES string of the molecule is COC(C(=O)Cc1ccc(F)cn1)c1ccc2c(c1)CCCN2C(=O)C1CC1. The number of amides is 1. The summed E-state index contributed by atoms with van der Waals surface area (Å²) in [6, 6.07) is 8.57. The molecule has 5 nitrogen and oxygen atoms in total. The number of aryl methyl sites for hydroxylation is 1. The van der Waals surface area contributed by atoms with Crippen molar-refractivity contribution in [3.05, 3.63) is 59.2 Å². The van der Waals surface area contributed by atoms with Gasteiger partial charge < -0.3 is 9.64 Å². The van der Waals surface area contributed by atoms with Crippen molar-refractivity contribution in [2.45, 2.75) is 38.2 Å². The third kappa shape index (κ3) is 3.83. The molecule has 1 saturated carbocycles. The summed E-state index contributed by atoms with van der Waals surface area (Å²) < 4.78 is 18.5. The molecule has 1 amide bonds. The molecule has 0 saturated heterocycles. The molecule has 0 radical (unpaired) electrons. The Morgan fingerprint density at radius 3 is 2.79 bits per heavy atom. The Hall–Kier alpha value is -2.60. The van der Waals surface area contributed by atoms with Gasteiger partial charge in [-0.3, -0.25) is 14.6 Å². The molecular formula is C22H23FN2O3. The molecule has 0 N–H and O–H groups in total. The standard InChI is InChI=1S/C22H23FN2O3/c1-28-21(20(26)12-18-8-7-17(23)13-24-18)16-6-9-19-15(11-16)3-2-10-25(19)22(27)14-4-5-14/h6-9,11,13-14,21H,2-5,10,12H2,1H3. The summed E-state index contributed by atoms with van der Waals surface area (Å²) in [7, 11) is 1.50. The number of ketones is 1. The molecule has 2 heterocycles. The zero-order valence-electron chi connectivity index (χ0n) is 15.9. The fourth-order valence-corrected chi connectivity index (χ4v) is 3.80. The average molecular weight is 382 g/mol. The van der Waals surface area contributed by atoms with Gasteiger partial charge in [-0.15, -0.1) is 0 Å². The van der Waals surface area contributed by atoms with Crippen molar-refractivity contribution in [3.63, 3.8) is 0 Å². The van der Waals surface area contributed by atoms with E-state index >= 15 is 0 Å². The summed E-state index contributed by atoms with van der Waals surface area (Å²) in [5.74, 6) is -0.166. The minimum Gasteiger partial charge on any atom is -0.369 e. The number of carbonyl (C=O) groups excluding carboxylic acids is 2. The van der Waals surface area contributed by atoms with Gasteiger partial charge >= 0.3 is 0 Å². The van der Waals surface area contributed by atoms with Crippen LogP contribution in [0.25, 0.3) is 0 Å². The molecule has 2 aromatic rings. The van der Waals surface area contributed by atoms with Crippen molar-refractivity contribution in [2.24, 2.45) is 5.92 Å². The molecule has 1 aromatic carbocycles. The second-order valence-electron chi connectivity index (χ2n) is 7.48. The number of pyridine rings is 1. The molecule has 1 aromatic heterocycles. The molecule has 1 fully saturated rings. The maximum Gasteiger partial charge on any atom is 0.230 e. The lowest BCUT2D eigenvalue weighted by Gasteiger charge is -2.30. The summed E-state index contributed by atoms with van der Waals surface area (Å²) in [6.07, 6.45) is 4.23. The van der Waals surface area contributed by atoms with Gasteiger partial charge in [0.15, 0.2) is 5.78 Å². The highest BCUT2D eigenvalue weighted by Crippen LogP contribution is 2.37. The minimum atomic E-state index is -0.716. The molecule has 146 valence electrons. The van der Waals surface area contributed by atoms with Crippen LogP contribution in [0.4, 0.5) is 10.1 Å². The van der Waals surface area contributed by atoms with Crippen molar-refractivity contribution >= 4 is 17.4 Å². The van der Waals surface area contributed by atoms with E-state index in [4.69, 9.17) is 4.74 Å². The highest BCUT2D eigenvalue weighted by Gasteiger charge is 2.35. The van der Waals surface area contributed by atoms with Gasteiger partial charge in [-0.1, -0.05) is 12.1 Å². The predicted octanol–water partition coefficient (Wildman–Crippen LogP) is 3.41. The third-order valence-electron chi connectivity index (χ3n) is 5.39. The minimum absolute atomic E-state index is 0.0716. The lowest BCUT2D eigenvalue weighted by molar-refractivity contribution is -0.128. The van der Waals surface area contributed by atoms with Gasteiger partial charge in [-0.05, 0) is 55.0 Å². The summed E-state index contributed by atoms with van der Waals surface area (Å²) in [4.78, 5) is 31.1. The Morgan fingerprint density at radius 2 is 2.11 bits per heavy atom. The normalized spacial score (nSPS) is 17.1. The number of ether oxygens (including phenoxy) is 1. The van der Waals surface area contributed by atoms with Gasteiger partial charge in [0.1, 0.15) is 11.9 Å². The number of halogens is 1. The molecule has 1 unspecified atom stereocenters. The molecule has 4 rings (SSSR count). The summed E-state index contributed by atoms with van der Waals surface area (Å²) in [5.41, 5.74) is 3.31. The third-order valence-corrected chi connectivity index (χ3v) is 5.39. The van der Waals surface area contributed by atoms with Gasteiger partial charge in [-0.2, -0.15) is 0 Å². The number of hydrogen-bond donors (Lipinski definition) is 0. The van der Waals surface area contributed by atoms with Gasteiger partial charge in [0.05, 0.1) is 12.6 Å². The first-order valence-corrected chi connectivity index (χ1v) is 9.67. The van der Waals surface area contributed by atoms with Crippen LogP contribution in [-0.4, -0.2) is 30.3 Å². The second kappa shape index (κ2) is 7.80.